The Labute approximate surface area is 140 Å². The molecule has 1 amide bonds. The summed E-state index contributed by atoms with van der Waals surface area (Å²) in [7, 11) is 1.61. The monoisotopic (exact) mass is 329 g/mol. The van der Waals surface area contributed by atoms with Gasteiger partial charge in [0.05, 0.1) is 0 Å². The molecular weight excluding hydrogens is 306 g/mol. The summed E-state index contributed by atoms with van der Waals surface area (Å²) < 4.78 is 2.51. The first kappa shape index (κ1) is 16.4. The van der Waals surface area contributed by atoms with E-state index >= 15 is 0 Å². The van der Waals surface area contributed by atoms with Crippen molar-refractivity contribution in [1.29, 1.82) is 0 Å². The summed E-state index contributed by atoms with van der Waals surface area (Å²) in [5, 5.41) is 6.73. The Hall–Kier alpha value is -2.41. The van der Waals surface area contributed by atoms with Crippen molar-refractivity contribution >= 4 is 5.91 Å². The zero-order chi connectivity index (χ0) is 16.9. The van der Waals surface area contributed by atoms with Crippen LogP contribution >= 0.6 is 0 Å². The molecule has 3 rings (SSSR count). The van der Waals surface area contributed by atoms with Crippen LogP contribution in [0.5, 0.6) is 0 Å². The van der Waals surface area contributed by atoms with E-state index in [1.54, 1.807) is 7.05 Å². The first-order valence-electron chi connectivity index (χ1n) is 8.28. The van der Waals surface area contributed by atoms with E-state index in [1.807, 2.05) is 0 Å². The van der Waals surface area contributed by atoms with Gasteiger partial charge in [-0.2, -0.15) is 5.10 Å². The van der Waals surface area contributed by atoms with E-state index in [2.05, 4.69) is 39.6 Å². The number of rotatable bonds is 6. The van der Waals surface area contributed by atoms with E-state index in [0.29, 0.717) is 6.54 Å². The molecule has 24 heavy (non-hydrogen) atoms. The van der Waals surface area contributed by atoms with Gasteiger partial charge in [0, 0.05) is 33.2 Å². The largest absolute Gasteiger partial charge is 0.354 e. The van der Waals surface area contributed by atoms with Gasteiger partial charge in [-0.25, -0.2) is 9.48 Å². The van der Waals surface area contributed by atoms with Gasteiger partial charge >= 0.3 is 5.69 Å². The van der Waals surface area contributed by atoms with Crippen molar-refractivity contribution in [2.75, 3.05) is 19.6 Å². The van der Waals surface area contributed by atoms with Crippen LogP contribution in [0.3, 0.4) is 0 Å². The maximum atomic E-state index is 11.9. The second-order valence-corrected chi connectivity index (χ2v) is 6.18. The van der Waals surface area contributed by atoms with E-state index < -0.39 is 0 Å². The summed E-state index contributed by atoms with van der Waals surface area (Å²) in [6.07, 6.45) is 3.39. The Morgan fingerprint density at radius 2 is 2.08 bits per heavy atom. The van der Waals surface area contributed by atoms with Gasteiger partial charge < -0.3 is 5.32 Å². The van der Waals surface area contributed by atoms with E-state index in [9.17, 15) is 9.59 Å². The molecule has 1 aromatic carbocycles. The van der Waals surface area contributed by atoms with Crippen molar-refractivity contribution in [3.63, 3.8) is 0 Å². The summed E-state index contributed by atoms with van der Waals surface area (Å²) in [5.41, 5.74) is 2.57. The fraction of sp³-hybridized carbons (Fsp3) is 0.471. The minimum atomic E-state index is -0.280. The van der Waals surface area contributed by atoms with Gasteiger partial charge in [-0.1, -0.05) is 24.3 Å². The summed E-state index contributed by atoms with van der Waals surface area (Å²) in [4.78, 5) is 25.9. The van der Waals surface area contributed by atoms with Gasteiger partial charge in [-0.15, -0.1) is 0 Å². The van der Waals surface area contributed by atoms with Crippen LogP contribution in [-0.2, 0) is 31.4 Å². The van der Waals surface area contributed by atoms with Crippen molar-refractivity contribution < 1.29 is 4.79 Å². The van der Waals surface area contributed by atoms with Crippen LogP contribution in [0.15, 0.2) is 35.4 Å². The molecular formula is C17H23N5O2. The van der Waals surface area contributed by atoms with Crippen LogP contribution < -0.4 is 11.0 Å². The second kappa shape index (κ2) is 7.44. The predicted molar refractivity (Wildman–Crippen MR) is 90.5 cm³/mol. The standard InChI is InChI=1S/C17H23N5O2/c1-20-13-19-22(17(20)24)12-16(23)18-8-4-9-21-10-7-14-5-2-3-6-15(14)11-21/h2-3,5-6,13H,4,7-12H2,1H3,(H,18,23). The highest BCUT2D eigenvalue weighted by atomic mass is 16.2. The van der Waals surface area contributed by atoms with Gasteiger partial charge in [-0.05, 0) is 24.0 Å². The van der Waals surface area contributed by atoms with Crippen molar-refractivity contribution in [3.05, 3.63) is 52.2 Å². The molecule has 0 saturated carbocycles. The second-order valence-electron chi connectivity index (χ2n) is 6.18. The van der Waals surface area contributed by atoms with Crippen molar-refractivity contribution in [2.24, 2.45) is 7.05 Å². The topological polar surface area (TPSA) is 72.2 Å². The maximum Gasteiger partial charge on any atom is 0.345 e. The Morgan fingerprint density at radius 3 is 2.83 bits per heavy atom. The smallest absolute Gasteiger partial charge is 0.345 e. The van der Waals surface area contributed by atoms with Crippen LogP contribution in [-0.4, -0.2) is 44.8 Å². The van der Waals surface area contributed by atoms with Crippen LogP contribution in [0, 0.1) is 0 Å². The first-order chi connectivity index (χ1) is 11.6. The molecule has 0 saturated heterocycles. The van der Waals surface area contributed by atoms with Gasteiger partial charge in [0.25, 0.3) is 0 Å². The predicted octanol–water partition coefficient (Wildman–Crippen LogP) is 0.146. The summed E-state index contributed by atoms with van der Waals surface area (Å²) in [5.74, 6) is -0.181. The lowest BCUT2D eigenvalue weighted by Crippen LogP contribution is -2.36. The highest BCUT2D eigenvalue weighted by molar-refractivity contribution is 5.75. The number of hydrogen-bond donors (Lipinski definition) is 1. The number of hydrogen-bond acceptors (Lipinski definition) is 4. The molecule has 128 valence electrons. The van der Waals surface area contributed by atoms with Crippen molar-refractivity contribution in [1.82, 2.24) is 24.6 Å². The van der Waals surface area contributed by atoms with Crippen LogP contribution in [0.2, 0.25) is 0 Å². The minimum absolute atomic E-state index is 0.0310. The highest BCUT2D eigenvalue weighted by Gasteiger charge is 2.15. The number of aromatic nitrogens is 3. The normalized spacial score (nSPS) is 14.4. The number of nitrogens with one attached hydrogen (secondary N) is 1. The van der Waals surface area contributed by atoms with Gasteiger partial charge in [0.15, 0.2) is 0 Å². The fourth-order valence-electron chi connectivity index (χ4n) is 3.00. The minimum Gasteiger partial charge on any atom is -0.354 e. The molecule has 0 atom stereocenters. The molecule has 0 bridgehead atoms. The highest BCUT2D eigenvalue weighted by Crippen LogP contribution is 2.18. The number of amides is 1. The molecule has 0 radical (unpaired) electrons. The molecule has 0 unspecified atom stereocenters. The van der Waals surface area contributed by atoms with Crippen LogP contribution in [0.25, 0.3) is 0 Å². The first-order valence-corrected chi connectivity index (χ1v) is 8.28. The molecule has 2 aromatic rings. The third-order valence-electron chi connectivity index (χ3n) is 4.36. The quantitative estimate of drug-likeness (QED) is 0.766. The number of nitrogens with zero attached hydrogens (tertiary/aromatic N) is 4. The lowest BCUT2D eigenvalue weighted by Gasteiger charge is -2.28. The van der Waals surface area contributed by atoms with Crippen molar-refractivity contribution in [2.45, 2.75) is 25.9 Å². The lowest BCUT2D eigenvalue weighted by atomic mass is 10.00. The molecule has 1 N–H and O–H groups in total. The third-order valence-corrected chi connectivity index (χ3v) is 4.36. The number of fused-ring (bicyclic) bond motifs is 1. The molecule has 0 fully saturated rings. The summed E-state index contributed by atoms with van der Waals surface area (Å²) in [6.45, 7) is 3.58. The van der Waals surface area contributed by atoms with Crippen LogP contribution in [0.4, 0.5) is 0 Å². The molecule has 1 aromatic heterocycles. The van der Waals surface area contributed by atoms with Crippen molar-refractivity contribution in [3.8, 4) is 0 Å². The number of benzene rings is 1. The zero-order valence-corrected chi connectivity index (χ0v) is 13.9. The Balaban J connectivity index is 1.38. The number of aryl methyl sites for hydroxylation is 1. The van der Waals surface area contributed by atoms with E-state index in [0.717, 1.165) is 37.2 Å². The average Bonchev–Trinajstić information content (AvgIpc) is 2.90. The summed E-state index contributed by atoms with van der Waals surface area (Å²) in [6, 6.07) is 8.57. The molecule has 7 nitrogen and oxygen atoms in total. The third kappa shape index (κ3) is 3.91. The maximum absolute atomic E-state index is 11.9. The SMILES string of the molecule is Cn1cnn(CC(=O)NCCCN2CCc3ccccc3C2)c1=O. The molecule has 2 heterocycles. The van der Waals surface area contributed by atoms with E-state index in [4.69, 9.17) is 0 Å². The van der Waals surface area contributed by atoms with Crippen LogP contribution in [0.1, 0.15) is 17.5 Å². The van der Waals surface area contributed by atoms with Gasteiger partial charge in [-0.3, -0.25) is 14.3 Å². The lowest BCUT2D eigenvalue weighted by molar-refractivity contribution is -0.121. The molecule has 7 heteroatoms. The van der Waals surface area contributed by atoms with E-state index in [1.165, 1.54) is 22.0 Å². The molecule has 0 aliphatic carbocycles. The Bertz CT molecular complexity index is 764. The average molecular weight is 329 g/mol. The molecule has 1 aliphatic rings. The zero-order valence-electron chi connectivity index (χ0n) is 13.9. The Morgan fingerprint density at radius 1 is 1.29 bits per heavy atom. The Kier molecular flexibility index (Phi) is 5.10. The summed E-state index contributed by atoms with van der Waals surface area (Å²) >= 11 is 0. The molecule has 0 spiro atoms. The number of carbonyl (C=O) groups is 1. The fourth-order valence-corrected chi connectivity index (χ4v) is 3.00. The number of carbonyl (C=O) groups excluding carboxylic acids is 1. The van der Waals surface area contributed by atoms with Gasteiger partial charge in [0.1, 0.15) is 12.9 Å². The molecule has 1 aliphatic heterocycles. The van der Waals surface area contributed by atoms with Gasteiger partial charge in [0.2, 0.25) is 5.91 Å². The van der Waals surface area contributed by atoms with E-state index in [-0.39, 0.29) is 18.1 Å².